The smallest absolute Gasteiger partial charge is 0.107 e. The summed E-state index contributed by atoms with van der Waals surface area (Å²) in [6, 6.07) is 0. The first-order valence-electron chi connectivity index (χ1n) is 5.14. The zero-order valence-electron chi connectivity index (χ0n) is 8.53. The molecule has 1 aliphatic heterocycles. The fourth-order valence-corrected chi connectivity index (χ4v) is 2.94. The zero-order valence-corrected chi connectivity index (χ0v) is 10.1. The Kier molecular flexibility index (Phi) is 3.97. The largest absolute Gasteiger partial charge is 0.396 e. The molecule has 1 N–H and O–H groups in total. The molecular formula is C10H15ClN2OS. The van der Waals surface area contributed by atoms with Gasteiger partial charge >= 0.3 is 0 Å². The van der Waals surface area contributed by atoms with Gasteiger partial charge in [-0.05, 0) is 18.9 Å². The second-order valence-corrected chi connectivity index (χ2v) is 5.15. The second-order valence-electron chi connectivity index (χ2n) is 3.94. The Labute approximate surface area is 98.7 Å². The average Bonchev–Trinajstić information content (AvgIpc) is 2.87. The summed E-state index contributed by atoms with van der Waals surface area (Å²) in [5, 5.41) is 12.2. The molecule has 1 atom stereocenters. The molecule has 5 heteroatoms. The van der Waals surface area contributed by atoms with Crippen LogP contribution in [0.25, 0.3) is 0 Å². The minimum absolute atomic E-state index is 0.307. The lowest BCUT2D eigenvalue weighted by atomic mass is 10.1. The predicted molar refractivity (Wildman–Crippen MR) is 62.1 cm³/mol. The molecule has 0 saturated carbocycles. The van der Waals surface area contributed by atoms with Crippen LogP contribution in [0.1, 0.15) is 17.1 Å². The fraction of sp³-hybridized carbons (Fsp3) is 0.700. The van der Waals surface area contributed by atoms with Gasteiger partial charge in [-0.1, -0.05) is 0 Å². The number of alkyl halides is 1. The second kappa shape index (κ2) is 5.25. The molecule has 1 aliphatic rings. The van der Waals surface area contributed by atoms with Gasteiger partial charge in [0.05, 0.1) is 18.1 Å². The Bertz CT molecular complexity index is 318. The van der Waals surface area contributed by atoms with E-state index in [1.165, 1.54) is 0 Å². The number of hydrogen-bond acceptors (Lipinski definition) is 4. The van der Waals surface area contributed by atoms with Gasteiger partial charge < -0.3 is 5.11 Å². The molecule has 0 aliphatic carbocycles. The van der Waals surface area contributed by atoms with Gasteiger partial charge in [-0.3, -0.25) is 4.90 Å². The van der Waals surface area contributed by atoms with Crippen LogP contribution in [0.5, 0.6) is 0 Å². The monoisotopic (exact) mass is 246 g/mol. The minimum atomic E-state index is 0.307. The number of thiazole rings is 1. The van der Waals surface area contributed by atoms with Crippen molar-refractivity contribution in [2.75, 3.05) is 19.7 Å². The first kappa shape index (κ1) is 11.3. The highest BCUT2D eigenvalue weighted by Crippen LogP contribution is 2.20. The quantitative estimate of drug-likeness (QED) is 0.822. The van der Waals surface area contributed by atoms with Crippen LogP contribution in [0.2, 0.25) is 0 Å². The first-order chi connectivity index (χ1) is 7.31. The molecule has 2 heterocycles. The molecule has 1 unspecified atom stereocenters. The summed E-state index contributed by atoms with van der Waals surface area (Å²) in [4.78, 5) is 6.77. The van der Waals surface area contributed by atoms with Crippen molar-refractivity contribution in [3.63, 3.8) is 0 Å². The molecule has 84 valence electrons. The summed E-state index contributed by atoms with van der Waals surface area (Å²) in [6.07, 6.45) is 1.10. The summed E-state index contributed by atoms with van der Waals surface area (Å²) in [6.45, 7) is 3.27. The normalized spacial score (nSPS) is 22.4. The Morgan fingerprint density at radius 3 is 3.13 bits per heavy atom. The van der Waals surface area contributed by atoms with Crippen molar-refractivity contribution in [3.8, 4) is 0 Å². The summed E-state index contributed by atoms with van der Waals surface area (Å²) in [5.41, 5.74) is 0.967. The van der Waals surface area contributed by atoms with E-state index in [0.717, 1.165) is 36.8 Å². The SMILES string of the molecule is OCC1CCN(Cc2nc(CCl)cs2)C1. The zero-order chi connectivity index (χ0) is 10.7. The number of likely N-dealkylation sites (tertiary alicyclic amines) is 1. The number of hydrogen-bond donors (Lipinski definition) is 1. The van der Waals surface area contributed by atoms with Gasteiger partial charge in [-0.25, -0.2) is 4.98 Å². The van der Waals surface area contributed by atoms with Crippen molar-refractivity contribution in [3.05, 3.63) is 16.1 Å². The topological polar surface area (TPSA) is 36.4 Å². The van der Waals surface area contributed by atoms with Gasteiger partial charge in [0, 0.05) is 18.5 Å². The van der Waals surface area contributed by atoms with Crippen LogP contribution in [-0.4, -0.2) is 34.7 Å². The molecule has 3 nitrogen and oxygen atoms in total. The maximum Gasteiger partial charge on any atom is 0.107 e. The maximum absolute atomic E-state index is 9.03. The van der Waals surface area contributed by atoms with Crippen LogP contribution in [0.3, 0.4) is 0 Å². The minimum Gasteiger partial charge on any atom is -0.396 e. The molecule has 0 bridgehead atoms. The van der Waals surface area contributed by atoms with E-state index in [2.05, 4.69) is 9.88 Å². The van der Waals surface area contributed by atoms with Crippen LogP contribution < -0.4 is 0 Å². The highest BCUT2D eigenvalue weighted by molar-refractivity contribution is 7.09. The van der Waals surface area contributed by atoms with Crippen LogP contribution in [0, 0.1) is 5.92 Å². The average molecular weight is 247 g/mol. The van der Waals surface area contributed by atoms with E-state index in [1.54, 1.807) is 11.3 Å². The Hall–Kier alpha value is -0.160. The molecular weight excluding hydrogens is 232 g/mol. The van der Waals surface area contributed by atoms with Crippen molar-refractivity contribution in [1.82, 2.24) is 9.88 Å². The van der Waals surface area contributed by atoms with Crippen LogP contribution in [0.15, 0.2) is 5.38 Å². The van der Waals surface area contributed by atoms with Crippen molar-refractivity contribution >= 4 is 22.9 Å². The molecule has 1 fully saturated rings. The molecule has 0 amide bonds. The molecule has 1 aromatic rings. The number of halogens is 1. The molecule has 0 aromatic carbocycles. The van der Waals surface area contributed by atoms with E-state index in [0.29, 0.717) is 18.4 Å². The van der Waals surface area contributed by atoms with Crippen molar-refractivity contribution in [2.24, 2.45) is 5.92 Å². The summed E-state index contributed by atoms with van der Waals surface area (Å²) in [7, 11) is 0. The van der Waals surface area contributed by atoms with E-state index in [-0.39, 0.29) is 0 Å². The van der Waals surface area contributed by atoms with Gasteiger partial charge in [0.1, 0.15) is 5.01 Å². The number of aromatic nitrogens is 1. The van der Waals surface area contributed by atoms with Crippen LogP contribution >= 0.6 is 22.9 Å². The number of nitrogens with zero attached hydrogens (tertiary/aromatic N) is 2. The van der Waals surface area contributed by atoms with E-state index in [9.17, 15) is 0 Å². The number of aliphatic hydroxyl groups is 1. The summed E-state index contributed by atoms with van der Waals surface area (Å²) < 4.78 is 0. The third-order valence-corrected chi connectivity index (χ3v) is 3.88. The van der Waals surface area contributed by atoms with Crippen LogP contribution in [0.4, 0.5) is 0 Å². The predicted octanol–water partition coefficient (Wildman–Crippen LogP) is 1.70. The summed E-state index contributed by atoms with van der Waals surface area (Å²) in [5.74, 6) is 0.952. The van der Waals surface area contributed by atoms with Gasteiger partial charge in [-0.2, -0.15) is 0 Å². The standard InChI is InChI=1S/C10H15ClN2OS/c11-3-9-7-15-10(12-9)5-13-2-1-8(4-13)6-14/h7-8,14H,1-6H2. The third-order valence-electron chi connectivity index (χ3n) is 2.72. The Morgan fingerprint density at radius 1 is 1.67 bits per heavy atom. The molecule has 1 saturated heterocycles. The highest BCUT2D eigenvalue weighted by Gasteiger charge is 2.22. The van der Waals surface area contributed by atoms with Gasteiger partial charge in [-0.15, -0.1) is 22.9 Å². The van der Waals surface area contributed by atoms with E-state index >= 15 is 0 Å². The van der Waals surface area contributed by atoms with Crippen LogP contribution in [-0.2, 0) is 12.4 Å². The van der Waals surface area contributed by atoms with Gasteiger partial charge in [0.25, 0.3) is 0 Å². The molecule has 0 radical (unpaired) electrons. The van der Waals surface area contributed by atoms with Crippen molar-refractivity contribution in [2.45, 2.75) is 18.8 Å². The van der Waals surface area contributed by atoms with E-state index in [1.807, 2.05) is 5.38 Å². The highest BCUT2D eigenvalue weighted by atomic mass is 35.5. The third kappa shape index (κ3) is 2.91. The Balaban J connectivity index is 1.87. The fourth-order valence-electron chi connectivity index (χ4n) is 1.88. The lowest BCUT2D eigenvalue weighted by Crippen LogP contribution is -2.20. The molecule has 15 heavy (non-hydrogen) atoms. The lowest BCUT2D eigenvalue weighted by molar-refractivity contribution is 0.220. The molecule has 2 rings (SSSR count). The van der Waals surface area contributed by atoms with Crippen molar-refractivity contribution in [1.29, 1.82) is 0 Å². The lowest BCUT2D eigenvalue weighted by Gasteiger charge is -2.13. The van der Waals surface area contributed by atoms with E-state index in [4.69, 9.17) is 16.7 Å². The summed E-state index contributed by atoms with van der Waals surface area (Å²) >= 11 is 7.37. The Morgan fingerprint density at radius 2 is 2.53 bits per heavy atom. The number of aliphatic hydroxyl groups excluding tert-OH is 1. The maximum atomic E-state index is 9.03. The van der Waals surface area contributed by atoms with Gasteiger partial charge in [0.15, 0.2) is 0 Å². The first-order valence-corrected chi connectivity index (χ1v) is 6.55. The molecule has 1 aromatic heterocycles. The molecule has 0 spiro atoms. The van der Waals surface area contributed by atoms with Gasteiger partial charge in [0.2, 0.25) is 0 Å². The van der Waals surface area contributed by atoms with E-state index < -0.39 is 0 Å². The van der Waals surface area contributed by atoms with Crippen molar-refractivity contribution < 1.29 is 5.11 Å². The number of rotatable bonds is 4.